The summed E-state index contributed by atoms with van der Waals surface area (Å²) < 4.78 is 5.47. The number of aromatic hydroxyl groups is 1. The van der Waals surface area contributed by atoms with Gasteiger partial charge in [-0.15, -0.1) is 11.3 Å². The highest BCUT2D eigenvalue weighted by molar-refractivity contribution is 7.16. The minimum Gasteiger partial charge on any atom is -0.508 e. The van der Waals surface area contributed by atoms with Crippen LogP contribution in [0.5, 0.6) is 5.75 Å². The highest BCUT2D eigenvalue weighted by Crippen LogP contribution is 2.40. The van der Waals surface area contributed by atoms with Crippen LogP contribution in [-0.4, -0.2) is 14.2 Å². The van der Waals surface area contributed by atoms with Crippen LogP contribution in [0.4, 0.5) is 0 Å². The molecule has 53 heavy (non-hydrogen) atoms. The summed E-state index contributed by atoms with van der Waals surface area (Å²) in [6.45, 7) is 27.7. The predicted molar refractivity (Wildman–Crippen MR) is 233 cm³/mol. The van der Waals surface area contributed by atoms with E-state index in [9.17, 15) is 9.90 Å². The van der Waals surface area contributed by atoms with Gasteiger partial charge in [-0.25, -0.2) is 0 Å². The van der Waals surface area contributed by atoms with E-state index in [2.05, 4.69) is 126 Å². The number of phenols is 1. The van der Waals surface area contributed by atoms with E-state index in [0.717, 1.165) is 65.8 Å². The van der Waals surface area contributed by atoms with Crippen molar-refractivity contribution >= 4 is 66.7 Å². The molecule has 3 aromatic carbocycles. The van der Waals surface area contributed by atoms with Gasteiger partial charge in [-0.3, -0.25) is 4.79 Å². The second-order valence-corrected chi connectivity index (χ2v) is 15.4. The highest BCUT2D eigenvalue weighted by Gasteiger charge is 2.21. The van der Waals surface area contributed by atoms with E-state index in [4.69, 9.17) is 0 Å². The van der Waals surface area contributed by atoms with Gasteiger partial charge in [0.25, 0.3) is 0 Å². The van der Waals surface area contributed by atoms with Gasteiger partial charge in [-0.2, -0.15) is 0 Å². The predicted octanol–water partition coefficient (Wildman–Crippen LogP) is 13.3. The van der Waals surface area contributed by atoms with Crippen molar-refractivity contribution in [3.05, 3.63) is 150 Å². The summed E-state index contributed by atoms with van der Waals surface area (Å²) in [6, 6.07) is 14.2. The van der Waals surface area contributed by atoms with Crippen LogP contribution in [0, 0.1) is 34.6 Å². The normalized spacial score (nSPS) is 13.4. The van der Waals surface area contributed by atoms with Gasteiger partial charge in [0.2, 0.25) is 0 Å². The first-order chi connectivity index (χ1) is 25.2. The Balaban J connectivity index is 1.47. The molecule has 0 aliphatic heterocycles. The average molecular weight is 719 g/mol. The molecule has 0 aliphatic carbocycles. The fourth-order valence-corrected chi connectivity index (χ4v) is 8.77. The first-order valence-corrected chi connectivity index (χ1v) is 19.1. The number of benzene rings is 3. The van der Waals surface area contributed by atoms with Gasteiger partial charge in [-0.1, -0.05) is 53.7 Å². The average Bonchev–Trinajstić information content (AvgIpc) is 3.56. The van der Waals surface area contributed by atoms with E-state index in [-0.39, 0.29) is 11.2 Å². The molecule has 5 heteroatoms. The molecular formula is C48H50N2O2S. The number of aromatic nitrogens is 2. The molecule has 6 aromatic rings. The second-order valence-electron chi connectivity index (χ2n) is 14.5. The molecular weight excluding hydrogens is 669 g/mol. The zero-order valence-electron chi connectivity index (χ0n) is 32.9. The van der Waals surface area contributed by atoms with Crippen LogP contribution in [0.25, 0.3) is 61.0 Å². The number of aryl methyl sites for hydroxylation is 3. The molecule has 0 fully saturated rings. The largest absolute Gasteiger partial charge is 0.508 e. The molecule has 0 unspecified atom stereocenters. The summed E-state index contributed by atoms with van der Waals surface area (Å²) in [5, 5.41) is 15.3. The molecule has 0 amide bonds. The van der Waals surface area contributed by atoms with Crippen LogP contribution in [-0.2, 0) is 0 Å². The minimum atomic E-state index is -0.00130. The monoisotopic (exact) mass is 718 g/mol. The number of phenolic OH excluding ortho intramolecular Hbond substituents is 1. The van der Waals surface area contributed by atoms with Gasteiger partial charge in [0.05, 0.1) is 16.7 Å². The third-order valence-corrected chi connectivity index (χ3v) is 11.4. The maximum Gasteiger partial charge on any atom is 0.195 e. The Hall–Kier alpha value is -5.39. The minimum absolute atomic E-state index is 0.00130. The van der Waals surface area contributed by atoms with Gasteiger partial charge in [0.15, 0.2) is 5.43 Å². The van der Waals surface area contributed by atoms with Gasteiger partial charge in [0, 0.05) is 48.9 Å². The Morgan fingerprint density at radius 3 is 2.19 bits per heavy atom. The summed E-state index contributed by atoms with van der Waals surface area (Å²) in [5.41, 5.74) is 17.1. The quantitative estimate of drug-likeness (QED) is 0.159. The molecule has 1 N–H and O–H groups in total. The number of rotatable bonds is 8. The lowest BCUT2D eigenvalue weighted by atomic mass is 10.0. The summed E-state index contributed by atoms with van der Waals surface area (Å²) in [7, 11) is 0. The Kier molecular flexibility index (Phi) is 10.3. The fourth-order valence-electron chi connectivity index (χ4n) is 7.86. The molecule has 0 saturated carbocycles. The summed E-state index contributed by atoms with van der Waals surface area (Å²) in [6.07, 6.45) is 12.8. The molecule has 0 saturated heterocycles. The zero-order valence-corrected chi connectivity index (χ0v) is 33.8. The van der Waals surface area contributed by atoms with Crippen LogP contribution in [0.2, 0.25) is 0 Å². The Bertz CT molecular complexity index is 2650. The third-order valence-electron chi connectivity index (χ3n) is 10.4. The lowest BCUT2D eigenvalue weighted by Crippen LogP contribution is -2.07. The number of fused-ring (bicyclic) bond motifs is 4. The molecule has 6 rings (SSSR count). The van der Waals surface area contributed by atoms with Gasteiger partial charge >= 0.3 is 0 Å². The summed E-state index contributed by atoms with van der Waals surface area (Å²) in [4.78, 5) is 14.1. The summed E-state index contributed by atoms with van der Waals surface area (Å²) >= 11 is 1.59. The molecule has 3 aromatic heterocycles. The molecule has 0 radical (unpaired) electrons. The van der Waals surface area contributed by atoms with Gasteiger partial charge in [0.1, 0.15) is 5.75 Å². The van der Waals surface area contributed by atoms with Crippen molar-refractivity contribution in [1.29, 1.82) is 0 Å². The van der Waals surface area contributed by atoms with Crippen molar-refractivity contribution in [1.82, 2.24) is 9.13 Å². The lowest BCUT2D eigenvalue weighted by molar-refractivity contribution is 0.476. The molecule has 0 bridgehead atoms. The van der Waals surface area contributed by atoms with E-state index >= 15 is 0 Å². The van der Waals surface area contributed by atoms with Crippen LogP contribution in [0.3, 0.4) is 0 Å². The van der Waals surface area contributed by atoms with Crippen molar-refractivity contribution in [2.75, 3.05) is 0 Å². The fraction of sp³-hybridized carbons (Fsp3) is 0.229. The maximum absolute atomic E-state index is 14.1. The van der Waals surface area contributed by atoms with Crippen molar-refractivity contribution in [3.63, 3.8) is 0 Å². The number of nitrogens with zero attached hydrogens (tertiary/aromatic N) is 2. The van der Waals surface area contributed by atoms with Crippen LogP contribution >= 0.6 is 11.3 Å². The van der Waals surface area contributed by atoms with E-state index in [1.54, 1.807) is 17.4 Å². The smallest absolute Gasteiger partial charge is 0.195 e. The molecule has 0 spiro atoms. The zero-order chi connectivity index (χ0) is 38.5. The Morgan fingerprint density at radius 2 is 1.51 bits per heavy atom. The van der Waals surface area contributed by atoms with Gasteiger partial charge < -0.3 is 14.2 Å². The first kappa shape index (κ1) is 37.4. The number of hydrogen-bond acceptors (Lipinski definition) is 3. The number of hydrogen-bond donors (Lipinski definition) is 1. The lowest BCUT2D eigenvalue weighted by Gasteiger charge is -2.15. The van der Waals surface area contributed by atoms with Gasteiger partial charge in [-0.05, 0) is 158 Å². The molecule has 0 atom stereocenters. The summed E-state index contributed by atoms with van der Waals surface area (Å²) in [5.74, 6) is 0.244. The van der Waals surface area contributed by atoms with E-state index < -0.39 is 0 Å². The molecule has 3 heterocycles. The molecule has 0 aliphatic rings. The molecule has 4 nitrogen and oxygen atoms in total. The first-order valence-electron chi connectivity index (χ1n) is 18.2. The van der Waals surface area contributed by atoms with Crippen molar-refractivity contribution in [3.8, 4) is 11.4 Å². The topological polar surface area (TPSA) is 47.2 Å². The number of allylic oxidation sites excluding steroid dienone is 9. The third kappa shape index (κ3) is 6.71. The highest BCUT2D eigenvalue weighted by atomic mass is 32.1. The standard InChI is InChI=1S/C48H50N2O2S/c1-13-15-28(4)20-41-34(10)45(31(7)18-27(3)14-2)49(36(41)12)38-16-17-40-44(24-38)53-26-37(48(40)52)22-30(6)35(11)50-46-32(8)19-29(5)21-42(46)43-25-39(51)23-33(9)47(43)50/h13-26,51H,11H2,1-10,12H3/b15-13+,27-14-,28-20-,30-22+,31-18-. The van der Waals surface area contributed by atoms with Crippen molar-refractivity contribution < 1.29 is 5.11 Å². The molecule has 270 valence electrons. The maximum atomic E-state index is 14.1. The van der Waals surface area contributed by atoms with E-state index in [1.807, 2.05) is 44.4 Å². The van der Waals surface area contributed by atoms with E-state index in [1.165, 1.54) is 33.5 Å². The van der Waals surface area contributed by atoms with Crippen molar-refractivity contribution in [2.24, 2.45) is 0 Å². The van der Waals surface area contributed by atoms with Crippen LogP contribution in [0.1, 0.15) is 86.3 Å². The Labute approximate surface area is 317 Å². The van der Waals surface area contributed by atoms with E-state index in [0.29, 0.717) is 10.9 Å². The SMILES string of the molecule is C=C(/C(C)=C/c1csc2cc(-n3c(C)c(/C=C(C)\C=C\C)c(C)c3/C(C)=C\C(C)=C/C)ccc2c1=O)n1c2c(C)cc(C)cc2c2cc(O)cc(C)c21. The van der Waals surface area contributed by atoms with Crippen molar-refractivity contribution in [2.45, 2.75) is 76.2 Å². The Morgan fingerprint density at radius 1 is 0.830 bits per heavy atom. The van der Waals surface area contributed by atoms with Crippen LogP contribution in [0.15, 0.2) is 100 Å². The second kappa shape index (κ2) is 14.6. The van der Waals surface area contributed by atoms with Crippen LogP contribution < -0.4 is 5.43 Å².